The van der Waals surface area contributed by atoms with E-state index >= 15 is 0 Å². The lowest BCUT2D eigenvalue weighted by Crippen LogP contribution is -2.48. The molecule has 0 unspecified atom stereocenters. The molecule has 2 heterocycles. The van der Waals surface area contributed by atoms with Crippen molar-refractivity contribution in [1.29, 1.82) is 0 Å². The van der Waals surface area contributed by atoms with E-state index in [1.165, 1.54) is 21.7 Å². The Bertz CT molecular complexity index is 933. The smallest absolute Gasteiger partial charge is 0.344 e. The quantitative estimate of drug-likeness (QED) is 0.764. The summed E-state index contributed by atoms with van der Waals surface area (Å²) in [5.74, 6) is 0.513. The van der Waals surface area contributed by atoms with Crippen LogP contribution in [0.3, 0.4) is 0 Å². The van der Waals surface area contributed by atoms with Gasteiger partial charge in [0, 0.05) is 32.1 Å². The topological polar surface area (TPSA) is 66.4 Å². The summed E-state index contributed by atoms with van der Waals surface area (Å²) >= 11 is 1.53. The molecule has 0 N–H and O–H groups in total. The monoisotopic (exact) mass is 418 g/mol. The van der Waals surface area contributed by atoms with Crippen LogP contribution < -0.4 is 4.90 Å². The van der Waals surface area contributed by atoms with Crippen LogP contribution in [0.2, 0.25) is 0 Å². The number of hydrogen-bond donors (Lipinski definition) is 0. The molecular weight excluding hydrogens is 401 g/mol. The molecule has 1 aliphatic heterocycles. The fourth-order valence-corrected chi connectivity index (χ4v) is 5.48. The molecule has 2 fully saturated rings. The minimum absolute atomic E-state index is 0.191. The number of nitrogens with zero attached hydrogens (tertiary/aromatic N) is 4. The van der Waals surface area contributed by atoms with E-state index in [0.717, 1.165) is 35.1 Å². The third-order valence-electron chi connectivity index (χ3n) is 4.66. The van der Waals surface area contributed by atoms with Crippen molar-refractivity contribution < 1.29 is 21.6 Å². The van der Waals surface area contributed by atoms with Crippen LogP contribution in [0.5, 0.6) is 0 Å². The van der Waals surface area contributed by atoms with Crippen LogP contribution in [-0.2, 0) is 16.2 Å². The third-order valence-corrected chi connectivity index (χ3v) is 7.71. The molecule has 0 radical (unpaired) electrons. The number of hydrogen-bond acceptors (Lipinski definition) is 6. The molecule has 0 amide bonds. The molecule has 0 atom stereocenters. The zero-order valence-corrected chi connectivity index (χ0v) is 15.8. The standard InChI is InChI=1S/C16H17F3N4O2S2/c17-16(18,19)12-2-1-3-13(10-12)27(24,25)23-8-6-22(7-9-23)15-21-20-14(26-15)11-4-5-11/h1-3,10-11H,4-9H2. The van der Waals surface area contributed by atoms with E-state index in [2.05, 4.69) is 10.2 Å². The summed E-state index contributed by atoms with van der Waals surface area (Å²) in [5, 5.41) is 10.2. The van der Waals surface area contributed by atoms with E-state index in [0.29, 0.717) is 25.1 Å². The molecule has 27 heavy (non-hydrogen) atoms. The lowest BCUT2D eigenvalue weighted by atomic mass is 10.2. The van der Waals surface area contributed by atoms with E-state index in [9.17, 15) is 21.6 Å². The Morgan fingerprint density at radius 3 is 2.41 bits per heavy atom. The summed E-state index contributed by atoms with van der Waals surface area (Å²) in [4.78, 5) is 1.64. The van der Waals surface area contributed by atoms with Crippen LogP contribution in [0.15, 0.2) is 29.2 Å². The number of piperazine rings is 1. The predicted octanol–water partition coefficient (Wildman–Crippen LogP) is 2.95. The van der Waals surface area contributed by atoms with Crippen molar-refractivity contribution in [2.45, 2.75) is 29.8 Å². The molecule has 1 aromatic heterocycles. The molecule has 2 aromatic rings. The first-order valence-electron chi connectivity index (χ1n) is 8.51. The number of halogens is 3. The molecular formula is C16H17F3N4O2S2. The zero-order chi connectivity index (χ0) is 19.2. The Hall–Kier alpha value is -1.72. The van der Waals surface area contributed by atoms with Crippen molar-refractivity contribution in [2.75, 3.05) is 31.1 Å². The highest BCUT2D eigenvalue weighted by Gasteiger charge is 2.34. The lowest BCUT2D eigenvalue weighted by Gasteiger charge is -2.33. The minimum atomic E-state index is -4.58. The van der Waals surface area contributed by atoms with E-state index in [-0.39, 0.29) is 18.0 Å². The highest BCUT2D eigenvalue weighted by atomic mass is 32.2. The Kier molecular flexibility index (Phi) is 4.63. The first kappa shape index (κ1) is 18.6. The van der Waals surface area contributed by atoms with Crippen LogP contribution in [0, 0.1) is 0 Å². The maximum atomic E-state index is 12.9. The summed E-state index contributed by atoms with van der Waals surface area (Å²) in [6.07, 6.45) is -2.31. The van der Waals surface area contributed by atoms with Gasteiger partial charge in [-0.25, -0.2) is 8.42 Å². The number of alkyl halides is 3. The van der Waals surface area contributed by atoms with Gasteiger partial charge in [0.2, 0.25) is 15.2 Å². The summed E-state index contributed by atoms with van der Waals surface area (Å²) < 4.78 is 65.3. The first-order valence-corrected chi connectivity index (χ1v) is 10.8. The second-order valence-electron chi connectivity index (χ2n) is 6.61. The summed E-state index contributed by atoms with van der Waals surface area (Å²) in [6.45, 7) is 1.24. The SMILES string of the molecule is O=S(=O)(c1cccc(C(F)(F)F)c1)N1CCN(c2nnc(C3CC3)s2)CC1. The van der Waals surface area contributed by atoms with Gasteiger partial charge in [0.15, 0.2) is 0 Å². The van der Waals surface area contributed by atoms with Crippen molar-refractivity contribution in [3.05, 3.63) is 34.8 Å². The maximum Gasteiger partial charge on any atom is 0.416 e. The van der Waals surface area contributed by atoms with Gasteiger partial charge in [-0.15, -0.1) is 10.2 Å². The Labute approximate surface area is 158 Å². The average molecular weight is 418 g/mol. The van der Waals surface area contributed by atoms with Gasteiger partial charge in [-0.3, -0.25) is 0 Å². The lowest BCUT2D eigenvalue weighted by molar-refractivity contribution is -0.137. The summed E-state index contributed by atoms with van der Waals surface area (Å²) in [6, 6.07) is 3.87. The molecule has 1 saturated heterocycles. The van der Waals surface area contributed by atoms with Gasteiger partial charge >= 0.3 is 6.18 Å². The highest BCUT2D eigenvalue weighted by Crippen LogP contribution is 2.42. The zero-order valence-electron chi connectivity index (χ0n) is 14.2. The van der Waals surface area contributed by atoms with Gasteiger partial charge in [-0.1, -0.05) is 17.4 Å². The molecule has 0 bridgehead atoms. The number of benzene rings is 1. The van der Waals surface area contributed by atoms with Crippen LogP contribution in [0.4, 0.5) is 18.3 Å². The fraction of sp³-hybridized carbons (Fsp3) is 0.500. The van der Waals surface area contributed by atoms with Gasteiger partial charge in [-0.2, -0.15) is 17.5 Å². The number of aromatic nitrogens is 2. The van der Waals surface area contributed by atoms with Crippen LogP contribution >= 0.6 is 11.3 Å². The van der Waals surface area contributed by atoms with Gasteiger partial charge in [0.25, 0.3) is 0 Å². The van der Waals surface area contributed by atoms with E-state index in [1.807, 2.05) is 4.90 Å². The van der Waals surface area contributed by atoms with Gasteiger partial charge in [0.1, 0.15) is 5.01 Å². The molecule has 2 aliphatic rings. The van der Waals surface area contributed by atoms with Crippen LogP contribution in [-0.4, -0.2) is 49.1 Å². The van der Waals surface area contributed by atoms with Crippen molar-refractivity contribution >= 4 is 26.5 Å². The second-order valence-corrected chi connectivity index (χ2v) is 9.54. The largest absolute Gasteiger partial charge is 0.416 e. The first-order chi connectivity index (χ1) is 12.7. The highest BCUT2D eigenvalue weighted by molar-refractivity contribution is 7.89. The van der Waals surface area contributed by atoms with Crippen molar-refractivity contribution in [3.63, 3.8) is 0 Å². The molecule has 146 valence electrons. The van der Waals surface area contributed by atoms with Crippen LogP contribution in [0.25, 0.3) is 0 Å². The van der Waals surface area contributed by atoms with E-state index in [4.69, 9.17) is 0 Å². The number of anilines is 1. The summed E-state index contributed by atoms with van der Waals surface area (Å²) in [7, 11) is -3.97. The average Bonchev–Trinajstić information content (AvgIpc) is 3.38. The number of sulfonamides is 1. The third kappa shape index (κ3) is 3.81. The second kappa shape index (κ2) is 6.71. The summed E-state index contributed by atoms with van der Waals surface area (Å²) in [5.41, 5.74) is -0.969. The molecule has 1 saturated carbocycles. The normalized spacial score (nSPS) is 19.4. The van der Waals surface area contributed by atoms with E-state index in [1.54, 1.807) is 0 Å². The Morgan fingerprint density at radius 2 is 1.78 bits per heavy atom. The molecule has 1 aliphatic carbocycles. The van der Waals surface area contributed by atoms with Gasteiger partial charge in [-0.05, 0) is 31.0 Å². The Balaban J connectivity index is 1.46. The van der Waals surface area contributed by atoms with Crippen molar-refractivity contribution in [2.24, 2.45) is 0 Å². The van der Waals surface area contributed by atoms with Gasteiger partial charge in [0.05, 0.1) is 10.5 Å². The molecule has 0 spiro atoms. The van der Waals surface area contributed by atoms with Gasteiger partial charge < -0.3 is 4.90 Å². The minimum Gasteiger partial charge on any atom is -0.344 e. The predicted molar refractivity (Wildman–Crippen MR) is 94.3 cm³/mol. The van der Waals surface area contributed by atoms with Crippen molar-refractivity contribution in [1.82, 2.24) is 14.5 Å². The molecule has 11 heteroatoms. The maximum absolute atomic E-state index is 12.9. The Morgan fingerprint density at radius 1 is 1.07 bits per heavy atom. The molecule has 1 aromatic carbocycles. The van der Waals surface area contributed by atoms with E-state index < -0.39 is 21.8 Å². The fourth-order valence-electron chi connectivity index (χ4n) is 2.95. The van der Waals surface area contributed by atoms with Crippen molar-refractivity contribution in [3.8, 4) is 0 Å². The van der Waals surface area contributed by atoms with Crippen LogP contribution in [0.1, 0.15) is 29.3 Å². The number of rotatable bonds is 4. The molecule has 6 nitrogen and oxygen atoms in total. The molecule has 4 rings (SSSR count).